The van der Waals surface area contributed by atoms with Gasteiger partial charge in [-0.2, -0.15) is 0 Å². The van der Waals surface area contributed by atoms with Crippen LogP contribution in [0.25, 0.3) is 75.4 Å². The van der Waals surface area contributed by atoms with Gasteiger partial charge in [-0.15, -0.1) is 0 Å². The Morgan fingerprint density at radius 3 is 1.86 bits per heavy atom. The molecule has 8 aromatic rings. The summed E-state index contributed by atoms with van der Waals surface area (Å²) in [6.07, 6.45) is 0. The third kappa shape index (κ3) is 2.42. The molecule has 0 saturated carbocycles. The van der Waals surface area contributed by atoms with E-state index in [1.54, 1.807) is 0 Å². The molecule has 0 radical (unpaired) electrons. The van der Waals surface area contributed by atoms with E-state index in [2.05, 4.69) is 69.8 Å². The second-order valence-electron chi connectivity index (χ2n) is 9.22. The molecule has 0 bridgehead atoms. The Morgan fingerprint density at radius 2 is 1.06 bits per heavy atom. The number of fused-ring (bicyclic) bond motifs is 4. The fourth-order valence-electron chi connectivity index (χ4n) is 6.12. The molecule has 0 aliphatic carbocycles. The van der Waals surface area contributed by atoms with Gasteiger partial charge in [0.1, 0.15) is 0 Å². The summed E-state index contributed by atoms with van der Waals surface area (Å²) in [5, 5.41) is 12.6. The van der Waals surface area contributed by atoms with Gasteiger partial charge in [0.25, 0.3) is 0 Å². The molecule has 36 heavy (non-hydrogen) atoms. The monoisotopic (exact) mass is 718 g/mol. The molecular formula is C30H10Br4O2. The molecule has 170 valence electrons. The lowest BCUT2D eigenvalue weighted by Crippen LogP contribution is -2.07. The molecule has 2 nitrogen and oxygen atoms in total. The Kier molecular flexibility index (Phi) is 4.30. The van der Waals surface area contributed by atoms with E-state index in [1.165, 1.54) is 0 Å². The van der Waals surface area contributed by atoms with Gasteiger partial charge in [-0.25, -0.2) is 0 Å². The molecule has 0 atom stereocenters. The Morgan fingerprint density at radius 1 is 0.417 bits per heavy atom. The molecule has 6 heteroatoms. The molecule has 8 rings (SSSR count). The van der Waals surface area contributed by atoms with Gasteiger partial charge in [-0.3, -0.25) is 9.59 Å². The van der Waals surface area contributed by atoms with Crippen LogP contribution >= 0.6 is 63.7 Å². The number of benzene rings is 8. The smallest absolute Gasteiger partial charge is 0.194 e. The minimum Gasteiger partial charge on any atom is -0.289 e. The Bertz CT molecular complexity index is 2400. The molecular weight excluding hydrogens is 712 g/mol. The van der Waals surface area contributed by atoms with Crippen molar-refractivity contribution in [3.8, 4) is 0 Å². The zero-order chi connectivity index (χ0) is 24.6. The van der Waals surface area contributed by atoms with Gasteiger partial charge in [0.15, 0.2) is 10.9 Å². The molecule has 0 amide bonds. The summed E-state index contributed by atoms with van der Waals surface area (Å²) < 4.78 is 3.47. The van der Waals surface area contributed by atoms with E-state index >= 15 is 0 Å². The van der Waals surface area contributed by atoms with Gasteiger partial charge in [0, 0.05) is 61.0 Å². The minimum atomic E-state index is -0.00517. The second-order valence-corrected chi connectivity index (χ2v) is 12.5. The minimum absolute atomic E-state index is 0.00517. The summed E-state index contributed by atoms with van der Waals surface area (Å²) in [7, 11) is 0. The topological polar surface area (TPSA) is 34.1 Å². The first kappa shape index (κ1) is 21.7. The summed E-state index contributed by atoms with van der Waals surface area (Å²) in [6, 6.07) is 19.8. The molecule has 0 aromatic heterocycles. The van der Waals surface area contributed by atoms with Crippen LogP contribution in [-0.2, 0) is 0 Å². The lowest BCUT2D eigenvalue weighted by Gasteiger charge is -2.20. The highest BCUT2D eigenvalue weighted by atomic mass is 79.9. The zero-order valence-corrected chi connectivity index (χ0v) is 24.4. The summed E-state index contributed by atoms with van der Waals surface area (Å²) in [5.74, 6) is 0. The molecule has 0 aliphatic heterocycles. The van der Waals surface area contributed by atoms with Crippen LogP contribution < -0.4 is 10.9 Å². The van der Waals surface area contributed by atoms with Crippen molar-refractivity contribution in [2.45, 2.75) is 0 Å². The largest absolute Gasteiger partial charge is 0.289 e. The molecule has 0 unspecified atom stereocenters. The Balaban J connectivity index is 1.81. The molecule has 0 saturated heterocycles. The van der Waals surface area contributed by atoms with E-state index in [0.29, 0.717) is 21.5 Å². The van der Waals surface area contributed by atoms with Gasteiger partial charge in [-0.1, -0.05) is 36.4 Å². The number of hydrogen-bond acceptors (Lipinski definition) is 2. The average molecular weight is 722 g/mol. The fraction of sp³-hybridized carbons (Fsp3) is 0. The average Bonchev–Trinajstić information content (AvgIpc) is 2.89. The maximum absolute atomic E-state index is 13.8. The molecule has 0 fully saturated rings. The van der Waals surface area contributed by atoms with Crippen molar-refractivity contribution in [2.24, 2.45) is 0 Å². The molecule has 0 N–H and O–H groups in total. The molecule has 8 aromatic carbocycles. The van der Waals surface area contributed by atoms with E-state index in [1.807, 2.05) is 54.6 Å². The van der Waals surface area contributed by atoms with Gasteiger partial charge in [-0.05, 0) is 120 Å². The van der Waals surface area contributed by atoms with Crippen LogP contribution in [0.2, 0.25) is 0 Å². The van der Waals surface area contributed by atoms with Crippen molar-refractivity contribution in [3.05, 3.63) is 99.0 Å². The van der Waals surface area contributed by atoms with Crippen LogP contribution in [0.5, 0.6) is 0 Å². The maximum Gasteiger partial charge on any atom is 0.194 e. The van der Waals surface area contributed by atoms with Crippen molar-refractivity contribution < 1.29 is 0 Å². The highest BCUT2D eigenvalue weighted by molar-refractivity contribution is 9.14. The SMILES string of the molecule is O=c1c2cc(Br)c(Br)c(Br)c2c2cc3ccc4c(=O)c5ccccc5c5c(Br)c6ccc1c2c6c3c45. The van der Waals surface area contributed by atoms with Crippen molar-refractivity contribution in [1.29, 1.82) is 0 Å². The standard InChI is InChI=1S/C30H10Br4O2/c31-19-10-18-22(28(34)27(19)33)17-9-11-5-6-16-24-20(11)23-14(7-8-15(21(17)23)30(18)36)26(32)25(24)12-3-1-2-4-13(12)29(16)35/h1-10H. The van der Waals surface area contributed by atoms with Crippen LogP contribution in [0.15, 0.2) is 88.1 Å². The van der Waals surface area contributed by atoms with Gasteiger partial charge in [0.05, 0.1) is 0 Å². The van der Waals surface area contributed by atoms with Gasteiger partial charge in [0.2, 0.25) is 0 Å². The first-order valence-electron chi connectivity index (χ1n) is 11.2. The lowest BCUT2D eigenvalue weighted by molar-refractivity contribution is 1.60. The first-order chi connectivity index (χ1) is 17.4. The number of halogens is 4. The van der Waals surface area contributed by atoms with Crippen LogP contribution in [-0.4, -0.2) is 0 Å². The van der Waals surface area contributed by atoms with Crippen molar-refractivity contribution in [2.75, 3.05) is 0 Å². The molecule has 0 heterocycles. The zero-order valence-electron chi connectivity index (χ0n) is 18.1. The Hall–Kier alpha value is -2.38. The summed E-state index contributed by atoms with van der Waals surface area (Å²) in [6.45, 7) is 0. The maximum atomic E-state index is 13.8. The normalized spacial score (nSPS) is 12.7. The Labute approximate surface area is 236 Å². The van der Waals surface area contributed by atoms with Gasteiger partial charge >= 0.3 is 0 Å². The first-order valence-corrected chi connectivity index (χ1v) is 14.4. The number of hydrogen-bond donors (Lipinski definition) is 0. The highest BCUT2D eigenvalue weighted by Crippen LogP contribution is 2.50. The quantitative estimate of drug-likeness (QED) is 0.0888. The van der Waals surface area contributed by atoms with E-state index in [9.17, 15) is 9.59 Å². The van der Waals surface area contributed by atoms with E-state index in [4.69, 9.17) is 0 Å². The van der Waals surface area contributed by atoms with Crippen LogP contribution in [0.3, 0.4) is 0 Å². The van der Waals surface area contributed by atoms with E-state index < -0.39 is 0 Å². The predicted molar refractivity (Wildman–Crippen MR) is 166 cm³/mol. The molecule has 0 spiro atoms. The second kappa shape index (κ2) is 7.13. The summed E-state index contributed by atoms with van der Waals surface area (Å²) in [4.78, 5) is 27.4. The third-order valence-electron chi connectivity index (χ3n) is 7.57. The van der Waals surface area contributed by atoms with Crippen molar-refractivity contribution in [1.82, 2.24) is 0 Å². The summed E-state index contributed by atoms with van der Waals surface area (Å²) >= 11 is 14.9. The van der Waals surface area contributed by atoms with Crippen molar-refractivity contribution >= 4 is 139 Å². The highest BCUT2D eigenvalue weighted by Gasteiger charge is 2.25. The lowest BCUT2D eigenvalue weighted by atomic mass is 9.84. The van der Waals surface area contributed by atoms with E-state index in [-0.39, 0.29) is 10.9 Å². The van der Waals surface area contributed by atoms with E-state index in [0.717, 1.165) is 71.8 Å². The fourth-order valence-corrected chi connectivity index (χ4v) is 8.51. The van der Waals surface area contributed by atoms with Crippen LogP contribution in [0.1, 0.15) is 0 Å². The van der Waals surface area contributed by atoms with Crippen LogP contribution in [0.4, 0.5) is 0 Å². The van der Waals surface area contributed by atoms with Crippen LogP contribution in [0, 0.1) is 0 Å². The summed E-state index contributed by atoms with van der Waals surface area (Å²) in [5.41, 5.74) is 0.0304. The molecule has 0 aliphatic rings. The predicted octanol–water partition coefficient (Wildman–Crippen LogP) is 9.84. The van der Waals surface area contributed by atoms with Crippen molar-refractivity contribution in [3.63, 3.8) is 0 Å². The third-order valence-corrected chi connectivity index (χ3v) is 11.7. The number of rotatable bonds is 0. The van der Waals surface area contributed by atoms with Gasteiger partial charge < -0.3 is 0 Å².